The normalized spacial score (nSPS) is 10.4. The van der Waals surface area contributed by atoms with Crippen molar-refractivity contribution in [3.63, 3.8) is 0 Å². The number of rotatable bonds is 3. The molecule has 0 saturated heterocycles. The molecule has 4 nitrogen and oxygen atoms in total. The molecule has 0 amide bonds. The van der Waals surface area contributed by atoms with Gasteiger partial charge in [0.05, 0.1) is 17.6 Å². The lowest BCUT2D eigenvalue weighted by molar-refractivity contribution is 0.392. The second kappa shape index (κ2) is 4.30. The molecule has 0 spiro atoms. The summed E-state index contributed by atoms with van der Waals surface area (Å²) in [6.45, 7) is 4.34. The Labute approximate surface area is 92.5 Å². The topological polar surface area (TPSA) is 51.0 Å². The lowest BCUT2D eigenvalue weighted by Gasteiger charge is -2.04. The van der Waals surface area contributed by atoms with E-state index in [0.29, 0.717) is 6.54 Å². The van der Waals surface area contributed by atoms with Crippen molar-refractivity contribution < 1.29 is 8.91 Å². The number of halogens is 1. The molecule has 5 heteroatoms. The molecule has 0 aliphatic heterocycles. The van der Waals surface area contributed by atoms with E-state index in [1.54, 1.807) is 6.07 Å². The van der Waals surface area contributed by atoms with Gasteiger partial charge in [0, 0.05) is 12.1 Å². The van der Waals surface area contributed by atoms with Crippen LogP contribution in [0.5, 0.6) is 0 Å². The van der Waals surface area contributed by atoms with Crippen LogP contribution in [-0.4, -0.2) is 10.1 Å². The van der Waals surface area contributed by atoms with Crippen LogP contribution in [0, 0.1) is 19.8 Å². The van der Waals surface area contributed by atoms with Gasteiger partial charge < -0.3 is 9.84 Å². The second-order valence-corrected chi connectivity index (χ2v) is 3.53. The number of aromatic nitrogens is 2. The summed E-state index contributed by atoms with van der Waals surface area (Å²) in [5.41, 5.74) is 2.64. The van der Waals surface area contributed by atoms with Gasteiger partial charge >= 0.3 is 0 Å². The average molecular weight is 221 g/mol. The Hall–Kier alpha value is -1.91. The minimum Gasteiger partial charge on any atom is -0.380 e. The Balaban J connectivity index is 2.05. The van der Waals surface area contributed by atoms with Gasteiger partial charge in [0.15, 0.2) is 0 Å². The fourth-order valence-corrected chi connectivity index (χ4v) is 1.43. The van der Waals surface area contributed by atoms with Crippen LogP contribution in [0.4, 0.5) is 10.1 Å². The van der Waals surface area contributed by atoms with Gasteiger partial charge in [-0.1, -0.05) is 5.16 Å². The van der Waals surface area contributed by atoms with E-state index < -0.39 is 5.95 Å². The first-order chi connectivity index (χ1) is 7.66. The number of nitrogens with zero attached hydrogens (tertiary/aromatic N) is 2. The smallest absolute Gasteiger partial charge is 0.212 e. The molecule has 84 valence electrons. The van der Waals surface area contributed by atoms with Crippen LogP contribution >= 0.6 is 0 Å². The standard InChI is InChI=1S/C11H12FN3O/c1-7-10(8(2)16-15-7)6-13-9-3-4-11(12)14-5-9/h3-5,13H,6H2,1-2H3. The van der Waals surface area contributed by atoms with Gasteiger partial charge in [-0.3, -0.25) is 0 Å². The first kappa shape index (κ1) is 10.6. The molecule has 0 aliphatic rings. The van der Waals surface area contributed by atoms with E-state index in [1.807, 2.05) is 13.8 Å². The summed E-state index contributed by atoms with van der Waals surface area (Å²) >= 11 is 0. The first-order valence-electron chi connectivity index (χ1n) is 4.94. The third kappa shape index (κ3) is 2.18. The molecule has 1 N–H and O–H groups in total. The molecule has 0 fully saturated rings. The highest BCUT2D eigenvalue weighted by molar-refractivity contribution is 5.41. The third-order valence-corrected chi connectivity index (χ3v) is 2.38. The molecule has 0 saturated carbocycles. The van der Waals surface area contributed by atoms with Crippen LogP contribution in [0.3, 0.4) is 0 Å². The van der Waals surface area contributed by atoms with E-state index in [1.165, 1.54) is 12.3 Å². The van der Waals surface area contributed by atoms with Crippen LogP contribution in [-0.2, 0) is 6.54 Å². The first-order valence-corrected chi connectivity index (χ1v) is 4.94. The zero-order chi connectivity index (χ0) is 11.5. The van der Waals surface area contributed by atoms with E-state index in [9.17, 15) is 4.39 Å². The zero-order valence-corrected chi connectivity index (χ0v) is 9.12. The van der Waals surface area contributed by atoms with Crippen molar-refractivity contribution in [1.29, 1.82) is 0 Å². The van der Waals surface area contributed by atoms with Crippen molar-refractivity contribution in [2.24, 2.45) is 0 Å². The highest BCUT2D eigenvalue weighted by Crippen LogP contribution is 2.14. The minimum atomic E-state index is -0.483. The average Bonchev–Trinajstić information content (AvgIpc) is 2.59. The molecule has 2 rings (SSSR count). The lowest BCUT2D eigenvalue weighted by Crippen LogP contribution is -2.01. The van der Waals surface area contributed by atoms with Crippen molar-refractivity contribution in [2.45, 2.75) is 20.4 Å². The lowest BCUT2D eigenvalue weighted by atomic mass is 10.2. The molecule has 0 aromatic carbocycles. The van der Waals surface area contributed by atoms with E-state index in [-0.39, 0.29) is 0 Å². The Morgan fingerprint density at radius 1 is 1.38 bits per heavy atom. The maximum absolute atomic E-state index is 12.6. The summed E-state index contributed by atoms with van der Waals surface area (Å²) in [5.74, 6) is 0.308. The largest absolute Gasteiger partial charge is 0.380 e. The van der Waals surface area contributed by atoms with Crippen molar-refractivity contribution >= 4 is 5.69 Å². The predicted octanol–water partition coefficient (Wildman–Crippen LogP) is 2.44. The molecule has 0 aliphatic carbocycles. The SMILES string of the molecule is Cc1noc(C)c1CNc1ccc(F)nc1. The Morgan fingerprint density at radius 3 is 2.75 bits per heavy atom. The van der Waals surface area contributed by atoms with E-state index >= 15 is 0 Å². The summed E-state index contributed by atoms with van der Waals surface area (Å²) in [7, 11) is 0. The second-order valence-electron chi connectivity index (χ2n) is 3.53. The molecule has 0 bridgehead atoms. The van der Waals surface area contributed by atoms with Crippen LogP contribution < -0.4 is 5.32 Å². The van der Waals surface area contributed by atoms with Gasteiger partial charge in [0.2, 0.25) is 5.95 Å². The number of pyridine rings is 1. The van der Waals surface area contributed by atoms with Gasteiger partial charge in [-0.05, 0) is 26.0 Å². The summed E-state index contributed by atoms with van der Waals surface area (Å²) < 4.78 is 17.6. The van der Waals surface area contributed by atoms with Crippen LogP contribution in [0.1, 0.15) is 17.0 Å². The molecule has 0 radical (unpaired) electrons. The highest BCUT2D eigenvalue weighted by Gasteiger charge is 2.08. The van der Waals surface area contributed by atoms with Crippen LogP contribution in [0.25, 0.3) is 0 Å². The molecule has 0 unspecified atom stereocenters. The molecular formula is C11H12FN3O. The van der Waals surface area contributed by atoms with E-state index in [2.05, 4.69) is 15.5 Å². The van der Waals surface area contributed by atoms with Crippen molar-refractivity contribution in [3.05, 3.63) is 41.3 Å². The minimum absolute atomic E-state index is 0.483. The van der Waals surface area contributed by atoms with Crippen molar-refractivity contribution in [3.8, 4) is 0 Å². The number of aryl methyl sites for hydroxylation is 2. The van der Waals surface area contributed by atoms with Crippen molar-refractivity contribution in [1.82, 2.24) is 10.1 Å². The molecule has 2 aromatic rings. The maximum atomic E-state index is 12.6. The Kier molecular flexibility index (Phi) is 2.85. The molecule has 2 aromatic heterocycles. The summed E-state index contributed by atoms with van der Waals surface area (Å²) in [5, 5.41) is 6.98. The Morgan fingerprint density at radius 2 is 2.19 bits per heavy atom. The van der Waals surface area contributed by atoms with Crippen molar-refractivity contribution in [2.75, 3.05) is 5.32 Å². The highest BCUT2D eigenvalue weighted by atomic mass is 19.1. The van der Waals surface area contributed by atoms with Gasteiger partial charge in [0.25, 0.3) is 0 Å². The van der Waals surface area contributed by atoms with Gasteiger partial charge in [-0.15, -0.1) is 0 Å². The molecular weight excluding hydrogens is 209 g/mol. The van der Waals surface area contributed by atoms with Gasteiger partial charge in [-0.25, -0.2) is 4.98 Å². The van der Waals surface area contributed by atoms with E-state index in [4.69, 9.17) is 4.52 Å². The number of hydrogen-bond acceptors (Lipinski definition) is 4. The quantitative estimate of drug-likeness (QED) is 0.809. The molecule has 16 heavy (non-hydrogen) atoms. The number of anilines is 1. The maximum Gasteiger partial charge on any atom is 0.212 e. The number of nitrogens with one attached hydrogen (secondary N) is 1. The summed E-state index contributed by atoms with van der Waals surface area (Å²) in [6.07, 6.45) is 1.45. The fraction of sp³-hybridized carbons (Fsp3) is 0.273. The van der Waals surface area contributed by atoms with Gasteiger partial charge in [-0.2, -0.15) is 4.39 Å². The molecule has 2 heterocycles. The van der Waals surface area contributed by atoms with Crippen LogP contribution in [0.2, 0.25) is 0 Å². The number of hydrogen-bond donors (Lipinski definition) is 1. The zero-order valence-electron chi connectivity index (χ0n) is 9.12. The fourth-order valence-electron chi connectivity index (χ4n) is 1.43. The third-order valence-electron chi connectivity index (χ3n) is 2.38. The monoisotopic (exact) mass is 221 g/mol. The summed E-state index contributed by atoms with van der Waals surface area (Å²) in [6, 6.07) is 2.95. The van der Waals surface area contributed by atoms with Gasteiger partial charge in [0.1, 0.15) is 5.76 Å². The van der Waals surface area contributed by atoms with E-state index in [0.717, 1.165) is 22.7 Å². The summed E-state index contributed by atoms with van der Waals surface area (Å²) in [4.78, 5) is 3.56. The van der Waals surface area contributed by atoms with Crippen LogP contribution in [0.15, 0.2) is 22.9 Å². The predicted molar refractivity (Wildman–Crippen MR) is 57.5 cm³/mol. The Bertz CT molecular complexity index is 459. The molecule has 0 atom stereocenters.